The number of hydrogen-bond acceptors (Lipinski definition) is 4. The highest BCUT2D eigenvalue weighted by molar-refractivity contribution is 14.0. The second-order valence-electron chi connectivity index (χ2n) is 6.46. The molecule has 0 aliphatic carbocycles. The van der Waals surface area contributed by atoms with Crippen LogP contribution in [0, 0.1) is 6.92 Å². The first-order valence-electron chi connectivity index (χ1n) is 8.90. The Morgan fingerprint density at radius 3 is 2.14 bits per heavy atom. The first kappa shape index (κ1) is 23.9. The van der Waals surface area contributed by atoms with Crippen LogP contribution in [0.25, 0.3) is 0 Å². The van der Waals surface area contributed by atoms with Crippen molar-refractivity contribution in [3.8, 4) is 11.5 Å². The number of rotatable bonds is 7. The maximum Gasteiger partial charge on any atom is 0.191 e. The number of ether oxygens (including phenoxy) is 2. The smallest absolute Gasteiger partial charge is 0.191 e. The van der Waals surface area contributed by atoms with Gasteiger partial charge in [-0.25, -0.2) is 0 Å². The van der Waals surface area contributed by atoms with Gasteiger partial charge in [-0.05, 0) is 42.3 Å². The Balaban J connectivity index is 0.00000392. The highest BCUT2D eigenvalue weighted by Crippen LogP contribution is 2.24. The molecule has 2 aromatic carbocycles. The molecule has 2 rings (SSSR count). The summed E-state index contributed by atoms with van der Waals surface area (Å²) in [6.45, 7) is 3.44. The van der Waals surface area contributed by atoms with Crippen LogP contribution in [0.15, 0.2) is 41.4 Å². The van der Waals surface area contributed by atoms with E-state index in [1.165, 1.54) is 16.8 Å². The minimum absolute atomic E-state index is 0. The van der Waals surface area contributed by atoms with Crippen LogP contribution in [0.4, 0.5) is 5.69 Å². The van der Waals surface area contributed by atoms with Crippen molar-refractivity contribution in [2.75, 3.05) is 40.3 Å². The third-order valence-electron chi connectivity index (χ3n) is 4.45. The van der Waals surface area contributed by atoms with Gasteiger partial charge >= 0.3 is 0 Å². The molecular formula is C21H31IN4O2. The Labute approximate surface area is 185 Å². The van der Waals surface area contributed by atoms with Crippen molar-refractivity contribution in [3.63, 3.8) is 0 Å². The number of nitrogens with zero attached hydrogens (tertiary/aromatic N) is 2. The molecule has 0 aliphatic heterocycles. The maximum atomic E-state index is 5.44. The second kappa shape index (κ2) is 11.6. The minimum atomic E-state index is 0. The Morgan fingerprint density at radius 1 is 0.964 bits per heavy atom. The van der Waals surface area contributed by atoms with E-state index in [4.69, 9.17) is 9.47 Å². The van der Waals surface area contributed by atoms with E-state index in [2.05, 4.69) is 45.6 Å². The molecule has 28 heavy (non-hydrogen) atoms. The number of aryl methyl sites for hydroxylation is 1. The topological polar surface area (TPSA) is 58.1 Å². The van der Waals surface area contributed by atoms with Crippen molar-refractivity contribution in [2.24, 2.45) is 4.99 Å². The summed E-state index contributed by atoms with van der Waals surface area (Å²) >= 11 is 0. The lowest BCUT2D eigenvalue weighted by atomic mass is 10.1. The van der Waals surface area contributed by atoms with Crippen LogP contribution in [0.1, 0.15) is 16.7 Å². The average molecular weight is 498 g/mol. The lowest BCUT2D eigenvalue weighted by Crippen LogP contribution is -2.36. The summed E-state index contributed by atoms with van der Waals surface area (Å²) in [5.41, 5.74) is 4.73. The Hall–Kier alpha value is -2.16. The molecule has 0 amide bonds. The van der Waals surface area contributed by atoms with E-state index in [9.17, 15) is 0 Å². The van der Waals surface area contributed by atoms with Gasteiger partial charge < -0.3 is 25.0 Å². The van der Waals surface area contributed by atoms with Crippen molar-refractivity contribution < 1.29 is 9.47 Å². The molecule has 0 saturated carbocycles. The standard InChI is InChI=1S/C21H30N4O2.HI/c1-15-11-18(25(3)4)9-7-16(15)13-23-21(22-2)24-14-17-8-10-19(26-5)12-20(17)27-6;/h7-12H,13-14H2,1-6H3,(H2,22,23,24);1H. The lowest BCUT2D eigenvalue weighted by Gasteiger charge is -2.17. The van der Waals surface area contributed by atoms with Gasteiger partial charge in [-0.1, -0.05) is 6.07 Å². The van der Waals surface area contributed by atoms with Gasteiger partial charge in [0.05, 0.1) is 14.2 Å². The van der Waals surface area contributed by atoms with Crippen LogP contribution in [-0.2, 0) is 13.1 Å². The van der Waals surface area contributed by atoms with Gasteiger partial charge in [-0.2, -0.15) is 0 Å². The summed E-state index contributed by atoms with van der Waals surface area (Å²) in [4.78, 5) is 6.41. The summed E-state index contributed by atoms with van der Waals surface area (Å²) < 4.78 is 10.7. The zero-order chi connectivity index (χ0) is 19.8. The molecule has 0 bridgehead atoms. The van der Waals surface area contributed by atoms with Gasteiger partial charge in [0.15, 0.2) is 5.96 Å². The van der Waals surface area contributed by atoms with Gasteiger partial charge in [0.1, 0.15) is 11.5 Å². The number of nitrogens with one attached hydrogen (secondary N) is 2. The summed E-state index contributed by atoms with van der Waals surface area (Å²) in [7, 11) is 9.16. The molecule has 0 aromatic heterocycles. The monoisotopic (exact) mass is 498 g/mol. The summed E-state index contributed by atoms with van der Waals surface area (Å²) in [5, 5.41) is 6.69. The quantitative estimate of drug-likeness (QED) is 0.348. The molecule has 0 spiro atoms. The van der Waals surface area contributed by atoms with Crippen molar-refractivity contribution in [1.82, 2.24) is 10.6 Å². The van der Waals surface area contributed by atoms with Gasteiger partial charge in [0, 0.05) is 51.5 Å². The van der Waals surface area contributed by atoms with E-state index < -0.39 is 0 Å². The number of methoxy groups -OCH3 is 2. The highest BCUT2D eigenvalue weighted by Gasteiger charge is 2.07. The molecular weight excluding hydrogens is 467 g/mol. The van der Waals surface area contributed by atoms with Crippen molar-refractivity contribution in [3.05, 3.63) is 53.1 Å². The number of benzene rings is 2. The van der Waals surface area contributed by atoms with E-state index in [1.54, 1.807) is 21.3 Å². The molecule has 154 valence electrons. The van der Waals surface area contributed by atoms with E-state index in [0.717, 1.165) is 23.0 Å². The Morgan fingerprint density at radius 2 is 1.61 bits per heavy atom. The molecule has 0 atom stereocenters. The van der Waals surface area contributed by atoms with E-state index in [-0.39, 0.29) is 24.0 Å². The molecule has 0 fully saturated rings. The Kier molecular flexibility index (Phi) is 9.92. The second-order valence-corrected chi connectivity index (χ2v) is 6.46. The molecule has 0 unspecified atom stereocenters. The van der Waals surface area contributed by atoms with Crippen LogP contribution < -0.4 is 25.0 Å². The van der Waals surface area contributed by atoms with Gasteiger partial charge in [-0.15, -0.1) is 24.0 Å². The first-order chi connectivity index (χ1) is 13.0. The van der Waals surface area contributed by atoms with Crippen LogP contribution >= 0.6 is 24.0 Å². The van der Waals surface area contributed by atoms with Crippen molar-refractivity contribution in [2.45, 2.75) is 20.0 Å². The number of guanidine groups is 1. The molecule has 0 radical (unpaired) electrons. The lowest BCUT2D eigenvalue weighted by molar-refractivity contribution is 0.390. The zero-order valence-electron chi connectivity index (χ0n) is 17.5. The first-order valence-corrected chi connectivity index (χ1v) is 8.90. The predicted molar refractivity (Wildman–Crippen MR) is 128 cm³/mol. The molecule has 0 aliphatic rings. The third-order valence-corrected chi connectivity index (χ3v) is 4.45. The third kappa shape index (κ3) is 6.47. The van der Waals surface area contributed by atoms with Crippen LogP contribution in [0.3, 0.4) is 0 Å². The SMILES string of the molecule is CN=C(NCc1ccc(N(C)C)cc1C)NCc1ccc(OC)cc1OC.I. The highest BCUT2D eigenvalue weighted by atomic mass is 127. The van der Waals surface area contributed by atoms with Gasteiger partial charge in [0.25, 0.3) is 0 Å². The fraction of sp³-hybridized carbons (Fsp3) is 0.381. The summed E-state index contributed by atoms with van der Waals surface area (Å²) in [5.74, 6) is 2.30. The molecule has 7 heteroatoms. The fourth-order valence-corrected chi connectivity index (χ4v) is 2.73. The van der Waals surface area contributed by atoms with E-state index in [1.807, 2.05) is 32.3 Å². The largest absolute Gasteiger partial charge is 0.497 e. The Bertz CT molecular complexity index is 794. The predicted octanol–water partition coefficient (Wildman–Crippen LogP) is 3.56. The maximum absolute atomic E-state index is 5.44. The number of hydrogen-bond donors (Lipinski definition) is 2. The number of halogens is 1. The van der Waals surface area contributed by atoms with Crippen molar-refractivity contribution in [1.29, 1.82) is 0 Å². The van der Waals surface area contributed by atoms with Gasteiger partial charge in [0.2, 0.25) is 0 Å². The van der Waals surface area contributed by atoms with Crippen LogP contribution in [0.2, 0.25) is 0 Å². The zero-order valence-corrected chi connectivity index (χ0v) is 19.8. The van der Waals surface area contributed by atoms with E-state index >= 15 is 0 Å². The summed E-state index contributed by atoms with van der Waals surface area (Å²) in [6, 6.07) is 12.3. The normalized spacial score (nSPS) is 10.7. The van der Waals surface area contributed by atoms with Gasteiger partial charge in [-0.3, -0.25) is 4.99 Å². The van der Waals surface area contributed by atoms with Crippen molar-refractivity contribution >= 4 is 35.6 Å². The molecule has 6 nitrogen and oxygen atoms in total. The molecule has 2 aromatic rings. The average Bonchev–Trinajstić information content (AvgIpc) is 2.68. The fourth-order valence-electron chi connectivity index (χ4n) is 2.73. The molecule has 2 N–H and O–H groups in total. The minimum Gasteiger partial charge on any atom is -0.497 e. The number of aliphatic imine (C=N–C) groups is 1. The summed E-state index contributed by atoms with van der Waals surface area (Å²) in [6.07, 6.45) is 0. The number of anilines is 1. The van der Waals surface area contributed by atoms with E-state index in [0.29, 0.717) is 13.1 Å². The van der Waals surface area contributed by atoms with Crippen LogP contribution in [-0.4, -0.2) is 41.3 Å². The molecule has 0 heterocycles. The van der Waals surface area contributed by atoms with Crippen LogP contribution in [0.5, 0.6) is 11.5 Å². The molecule has 0 saturated heterocycles.